The maximum atomic E-state index is 12.0. The number of ether oxygens (including phenoxy) is 1. The average molecular weight is 233 g/mol. The Morgan fingerprint density at radius 1 is 1.29 bits per heavy atom. The molecule has 1 saturated heterocycles. The molecule has 1 heterocycles. The summed E-state index contributed by atoms with van der Waals surface area (Å²) in [4.78, 5) is 12.0. The van der Waals surface area contributed by atoms with E-state index in [0.29, 0.717) is 19.6 Å². The predicted octanol–water partition coefficient (Wildman–Crippen LogP) is 1.33. The molecule has 0 amide bonds. The molecule has 1 aromatic rings. The highest BCUT2D eigenvalue weighted by Crippen LogP contribution is 2.16. The molecular weight excluding hydrogens is 214 g/mol. The third kappa shape index (κ3) is 2.93. The smallest absolute Gasteiger partial charge is 0.144 e. The molecule has 3 heteroatoms. The van der Waals surface area contributed by atoms with E-state index in [9.17, 15) is 4.79 Å². The van der Waals surface area contributed by atoms with E-state index in [0.717, 1.165) is 12.0 Å². The molecule has 3 nitrogen and oxygen atoms in total. The quantitative estimate of drug-likeness (QED) is 0.853. The third-order valence-corrected chi connectivity index (χ3v) is 3.35. The first kappa shape index (κ1) is 12.3. The third-order valence-electron chi connectivity index (χ3n) is 3.35. The summed E-state index contributed by atoms with van der Waals surface area (Å²) in [5.74, 6) is 0.0695. The number of rotatable bonds is 4. The van der Waals surface area contributed by atoms with Crippen LogP contribution in [-0.4, -0.2) is 25.0 Å². The number of carbonyl (C=O) groups is 1. The number of Topliss-reactive ketones (excluding diaryl/α,β-unsaturated/α-hetero) is 1. The van der Waals surface area contributed by atoms with Gasteiger partial charge in [0.1, 0.15) is 5.78 Å². The standard InChI is InChI=1S/C14H19NO2/c1-2-10-3-5-11(6-4-10)7-14(16)12-8-17-9-13(12)15/h3-6,12-13H,2,7-9,15H2,1H3. The monoisotopic (exact) mass is 233 g/mol. The van der Waals surface area contributed by atoms with Gasteiger partial charge in [0.2, 0.25) is 0 Å². The number of nitrogens with two attached hydrogens (primary N) is 1. The maximum Gasteiger partial charge on any atom is 0.144 e. The van der Waals surface area contributed by atoms with Crippen molar-refractivity contribution in [3.05, 3.63) is 35.4 Å². The van der Waals surface area contributed by atoms with Gasteiger partial charge in [-0.25, -0.2) is 0 Å². The maximum absolute atomic E-state index is 12.0. The van der Waals surface area contributed by atoms with Gasteiger partial charge in [-0.05, 0) is 17.5 Å². The van der Waals surface area contributed by atoms with Crippen molar-refractivity contribution in [3.8, 4) is 0 Å². The lowest BCUT2D eigenvalue weighted by Gasteiger charge is -2.11. The number of hydrogen-bond donors (Lipinski definition) is 1. The van der Waals surface area contributed by atoms with Crippen molar-refractivity contribution in [1.29, 1.82) is 0 Å². The SMILES string of the molecule is CCc1ccc(CC(=O)C2COCC2N)cc1. The van der Waals surface area contributed by atoms with Gasteiger partial charge < -0.3 is 10.5 Å². The van der Waals surface area contributed by atoms with E-state index in [-0.39, 0.29) is 17.7 Å². The minimum Gasteiger partial charge on any atom is -0.379 e. The van der Waals surface area contributed by atoms with Crippen molar-refractivity contribution in [2.75, 3.05) is 13.2 Å². The molecule has 92 valence electrons. The summed E-state index contributed by atoms with van der Waals surface area (Å²) in [6, 6.07) is 8.08. The molecule has 0 aliphatic carbocycles. The fraction of sp³-hybridized carbons (Fsp3) is 0.500. The van der Waals surface area contributed by atoms with Gasteiger partial charge in [0.15, 0.2) is 0 Å². The van der Waals surface area contributed by atoms with E-state index >= 15 is 0 Å². The molecule has 0 radical (unpaired) electrons. The molecule has 1 aliphatic rings. The summed E-state index contributed by atoms with van der Waals surface area (Å²) in [6.45, 7) is 3.10. The topological polar surface area (TPSA) is 52.3 Å². The fourth-order valence-corrected chi connectivity index (χ4v) is 2.13. The zero-order chi connectivity index (χ0) is 12.3. The van der Waals surface area contributed by atoms with Crippen molar-refractivity contribution in [3.63, 3.8) is 0 Å². The molecule has 1 aliphatic heterocycles. The van der Waals surface area contributed by atoms with Crippen LogP contribution in [-0.2, 0) is 22.4 Å². The lowest BCUT2D eigenvalue weighted by atomic mass is 9.94. The van der Waals surface area contributed by atoms with Gasteiger partial charge in [0.05, 0.1) is 19.1 Å². The van der Waals surface area contributed by atoms with Crippen LogP contribution in [0, 0.1) is 5.92 Å². The van der Waals surface area contributed by atoms with E-state index < -0.39 is 0 Å². The highest BCUT2D eigenvalue weighted by Gasteiger charge is 2.30. The van der Waals surface area contributed by atoms with Crippen molar-refractivity contribution >= 4 is 5.78 Å². The van der Waals surface area contributed by atoms with Gasteiger partial charge in [0, 0.05) is 12.5 Å². The molecule has 1 fully saturated rings. The van der Waals surface area contributed by atoms with Crippen molar-refractivity contribution in [1.82, 2.24) is 0 Å². The van der Waals surface area contributed by atoms with Gasteiger partial charge in [-0.1, -0.05) is 31.2 Å². The Balaban J connectivity index is 1.97. The second-order valence-corrected chi connectivity index (χ2v) is 4.62. The first-order valence-corrected chi connectivity index (χ1v) is 6.14. The van der Waals surface area contributed by atoms with E-state index in [1.54, 1.807) is 0 Å². The molecule has 0 spiro atoms. The van der Waals surface area contributed by atoms with Gasteiger partial charge >= 0.3 is 0 Å². The summed E-state index contributed by atoms with van der Waals surface area (Å²) >= 11 is 0. The molecule has 2 N–H and O–H groups in total. The van der Waals surface area contributed by atoms with E-state index in [2.05, 4.69) is 19.1 Å². The normalized spacial score (nSPS) is 23.9. The van der Waals surface area contributed by atoms with Crippen LogP contribution in [0.4, 0.5) is 0 Å². The molecular formula is C14H19NO2. The summed E-state index contributed by atoms with van der Waals surface area (Å²) in [5, 5.41) is 0. The molecule has 2 unspecified atom stereocenters. The number of hydrogen-bond acceptors (Lipinski definition) is 3. The zero-order valence-electron chi connectivity index (χ0n) is 10.2. The van der Waals surface area contributed by atoms with Crippen LogP contribution in [0.2, 0.25) is 0 Å². The van der Waals surface area contributed by atoms with Gasteiger partial charge in [-0.3, -0.25) is 4.79 Å². The Kier molecular flexibility index (Phi) is 3.92. The summed E-state index contributed by atoms with van der Waals surface area (Å²) in [5.41, 5.74) is 8.19. The average Bonchev–Trinajstić information content (AvgIpc) is 2.76. The van der Waals surface area contributed by atoms with Crippen LogP contribution in [0.15, 0.2) is 24.3 Å². The minimum absolute atomic E-state index is 0.124. The number of benzene rings is 1. The van der Waals surface area contributed by atoms with E-state index in [1.165, 1.54) is 5.56 Å². The van der Waals surface area contributed by atoms with Gasteiger partial charge in [0.25, 0.3) is 0 Å². The zero-order valence-corrected chi connectivity index (χ0v) is 10.2. The van der Waals surface area contributed by atoms with Crippen molar-refractivity contribution in [2.24, 2.45) is 11.7 Å². The van der Waals surface area contributed by atoms with Crippen molar-refractivity contribution < 1.29 is 9.53 Å². The van der Waals surface area contributed by atoms with Gasteiger partial charge in [-0.2, -0.15) is 0 Å². The Bertz CT molecular complexity index is 386. The lowest BCUT2D eigenvalue weighted by molar-refractivity contribution is -0.122. The Hall–Kier alpha value is -1.19. The molecule has 0 bridgehead atoms. The largest absolute Gasteiger partial charge is 0.379 e. The van der Waals surface area contributed by atoms with Crippen LogP contribution in [0.1, 0.15) is 18.1 Å². The lowest BCUT2D eigenvalue weighted by Crippen LogP contribution is -2.34. The first-order chi connectivity index (χ1) is 8.20. The number of aryl methyl sites for hydroxylation is 1. The molecule has 1 aromatic carbocycles. The molecule has 2 atom stereocenters. The highest BCUT2D eigenvalue weighted by atomic mass is 16.5. The van der Waals surface area contributed by atoms with E-state index in [1.807, 2.05) is 12.1 Å². The van der Waals surface area contributed by atoms with Crippen LogP contribution < -0.4 is 5.73 Å². The predicted molar refractivity (Wildman–Crippen MR) is 66.8 cm³/mol. The molecule has 0 saturated carbocycles. The Morgan fingerprint density at radius 2 is 1.94 bits per heavy atom. The van der Waals surface area contributed by atoms with Crippen LogP contribution in [0.3, 0.4) is 0 Å². The second-order valence-electron chi connectivity index (χ2n) is 4.62. The summed E-state index contributed by atoms with van der Waals surface area (Å²) in [6.07, 6.45) is 1.49. The Labute approximate surface area is 102 Å². The second kappa shape index (κ2) is 5.43. The fourth-order valence-electron chi connectivity index (χ4n) is 2.13. The molecule has 17 heavy (non-hydrogen) atoms. The highest BCUT2D eigenvalue weighted by molar-refractivity contribution is 5.84. The number of carbonyl (C=O) groups excluding carboxylic acids is 1. The summed E-state index contributed by atoms with van der Waals surface area (Å²) in [7, 11) is 0. The van der Waals surface area contributed by atoms with Crippen LogP contribution >= 0.6 is 0 Å². The van der Waals surface area contributed by atoms with Crippen LogP contribution in [0.25, 0.3) is 0 Å². The first-order valence-electron chi connectivity index (χ1n) is 6.14. The minimum atomic E-state index is -0.127. The Morgan fingerprint density at radius 3 is 2.47 bits per heavy atom. The van der Waals surface area contributed by atoms with Crippen molar-refractivity contribution in [2.45, 2.75) is 25.8 Å². The van der Waals surface area contributed by atoms with Gasteiger partial charge in [-0.15, -0.1) is 0 Å². The number of ketones is 1. The van der Waals surface area contributed by atoms with Crippen LogP contribution in [0.5, 0.6) is 0 Å². The summed E-state index contributed by atoms with van der Waals surface area (Å²) < 4.78 is 5.22. The van der Waals surface area contributed by atoms with E-state index in [4.69, 9.17) is 10.5 Å². The molecule has 2 rings (SSSR count). The molecule has 0 aromatic heterocycles.